The Kier molecular flexibility index (Phi) is 8.63. The number of aromatic amines is 2. The number of nitrogens with zero attached hydrogens (tertiary/aromatic N) is 4. The van der Waals surface area contributed by atoms with E-state index in [0.717, 1.165) is 81.7 Å². The molecule has 2 saturated carbocycles. The Hall–Kier alpha value is -6.18. The molecule has 4 heterocycles. The monoisotopic (exact) mass is 770 g/mol. The second-order valence-electron chi connectivity index (χ2n) is 16.7. The van der Waals surface area contributed by atoms with Crippen LogP contribution >= 0.6 is 0 Å². The van der Waals surface area contributed by atoms with E-state index in [1.165, 1.54) is 14.2 Å². The summed E-state index contributed by atoms with van der Waals surface area (Å²) in [5.74, 6) is 1.21. The number of hydrogen-bond donors (Lipinski definition) is 4. The summed E-state index contributed by atoms with van der Waals surface area (Å²) in [5, 5.41) is 7.33. The van der Waals surface area contributed by atoms with Crippen molar-refractivity contribution in [1.82, 2.24) is 40.4 Å². The normalized spacial score (nSPS) is 26.1. The van der Waals surface area contributed by atoms with Crippen molar-refractivity contribution in [3.8, 4) is 33.6 Å². The molecular formula is C43H46N8O6. The molecule has 2 aliphatic carbocycles. The first-order chi connectivity index (χ1) is 27.4. The van der Waals surface area contributed by atoms with Crippen LogP contribution in [0.3, 0.4) is 0 Å². The summed E-state index contributed by atoms with van der Waals surface area (Å²) in [4.78, 5) is 70.3. The summed E-state index contributed by atoms with van der Waals surface area (Å²) in [6.07, 6.45) is 5.92. The Morgan fingerprint density at radius 2 is 1.23 bits per heavy atom. The van der Waals surface area contributed by atoms with Gasteiger partial charge in [0.25, 0.3) is 0 Å². The molecule has 0 unspecified atom stereocenters. The van der Waals surface area contributed by atoms with Gasteiger partial charge >= 0.3 is 12.2 Å². The Morgan fingerprint density at radius 1 is 0.719 bits per heavy atom. The number of carbonyl (C=O) groups is 4. The van der Waals surface area contributed by atoms with Crippen LogP contribution in [0.2, 0.25) is 0 Å². The zero-order chi connectivity index (χ0) is 39.8. The highest BCUT2D eigenvalue weighted by Gasteiger charge is 2.65. The second-order valence-corrected chi connectivity index (χ2v) is 16.7. The number of amides is 4. The number of fused-ring (bicyclic) bond motifs is 3. The number of alkyl carbamates (subject to hydrolysis) is 2. The number of benzene rings is 3. The summed E-state index contributed by atoms with van der Waals surface area (Å²) >= 11 is 0. The molecule has 3 aromatic carbocycles. The van der Waals surface area contributed by atoms with Crippen molar-refractivity contribution in [3.63, 3.8) is 0 Å². The van der Waals surface area contributed by atoms with Crippen LogP contribution in [0, 0.1) is 10.8 Å². The van der Waals surface area contributed by atoms with E-state index in [1.807, 2.05) is 22.2 Å². The molecule has 9 rings (SSSR count). The largest absolute Gasteiger partial charge is 0.453 e. The first-order valence-corrected chi connectivity index (χ1v) is 19.4. The van der Waals surface area contributed by atoms with Crippen LogP contribution in [-0.2, 0) is 19.1 Å². The number of hydrogen-bond acceptors (Lipinski definition) is 8. The molecule has 0 bridgehead atoms. The minimum absolute atomic E-state index is 0.0502. The number of H-pyrrole nitrogens is 2. The maximum Gasteiger partial charge on any atom is 0.407 e. The standard InChI is InChI=1S/C43H46N8O6/c1-23(47-41(55)57-5)39(53)51-33(17-43(3)19-35(43)51)38-45-21-31(49-38)29-13-12-27-14-26(10-11-28(27)15-29)24-6-8-25(9-7-24)30-20-44-37(48-30)32-16-42(2)18-34(42)50(32)36(52)22-46-40(54)56-4/h6-15,20-21,23,32-35H,16-19,22H2,1-5H3,(H,44,48)(H,45,49)(H,46,54)(H,47,55)/t23-,32-,33-,34+,35+,42-,43-/m0/s1. The third kappa shape index (κ3) is 6.46. The van der Waals surface area contributed by atoms with Crippen LogP contribution in [0.25, 0.3) is 44.4 Å². The van der Waals surface area contributed by atoms with Gasteiger partial charge in [0.2, 0.25) is 11.8 Å². The number of ether oxygens (including phenoxy) is 2. The summed E-state index contributed by atoms with van der Waals surface area (Å²) < 4.78 is 9.35. The lowest BCUT2D eigenvalue weighted by Crippen LogP contribution is -2.48. The molecule has 4 N–H and O–H groups in total. The minimum atomic E-state index is -0.710. The van der Waals surface area contributed by atoms with Crippen LogP contribution in [-0.4, -0.2) is 92.6 Å². The quantitative estimate of drug-likeness (QED) is 0.132. The molecule has 294 valence electrons. The van der Waals surface area contributed by atoms with Crippen LogP contribution in [0.4, 0.5) is 9.59 Å². The van der Waals surface area contributed by atoms with E-state index in [-0.39, 0.29) is 53.4 Å². The first-order valence-electron chi connectivity index (χ1n) is 19.4. The molecule has 4 fully saturated rings. The summed E-state index contributed by atoms with van der Waals surface area (Å²) in [5.41, 5.74) is 6.03. The molecule has 0 spiro atoms. The van der Waals surface area contributed by atoms with Crippen LogP contribution in [0.1, 0.15) is 70.2 Å². The highest BCUT2D eigenvalue weighted by Crippen LogP contribution is 2.64. The number of likely N-dealkylation sites (tertiary alicyclic amines) is 2. The van der Waals surface area contributed by atoms with Gasteiger partial charge in [-0.05, 0) is 83.0 Å². The number of methoxy groups -OCH3 is 2. The Labute approximate surface area is 329 Å². The molecule has 14 nitrogen and oxygen atoms in total. The van der Waals surface area contributed by atoms with Gasteiger partial charge in [0.05, 0.1) is 50.1 Å². The van der Waals surface area contributed by atoms with E-state index >= 15 is 0 Å². The Bertz CT molecular complexity index is 2420. The lowest BCUT2D eigenvalue weighted by molar-refractivity contribution is -0.135. The van der Waals surface area contributed by atoms with Gasteiger partial charge in [-0.1, -0.05) is 62.4 Å². The predicted molar refractivity (Wildman–Crippen MR) is 211 cm³/mol. The average molecular weight is 771 g/mol. The molecule has 5 aromatic rings. The van der Waals surface area contributed by atoms with Crippen molar-refractivity contribution < 1.29 is 28.7 Å². The molecular weight excluding hydrogens is 725 g/mol. The number of rotatable bonds is 9. The molecule has 7 atom stereocenters. The third-order valence-corrected chi connectivity index (χ3v) is 12.8. The molecule has 2 aliphatic heterocycles. The summed E-state index contributed by atoms with van der Waals surface area (Å²) in [7, 11) is 2.56. The Morgan fingerprint density at radius 3 is 1.84 bits per heavy atom. The first kappa shape index (κ1) is 36.5. The molecule has 4 aliphatic rings. The van der Waals surface area contributed by atoms with Crippen molar-refractivity contribution in [2.75, 3.05) is 20.8 Å². The van der Waals surface area contributed by atoms with Gasteiger partial charge in [-0.2, -0.15) is 0 Å². The van der Waals surface area contributed by atoms with Gasteiger partial charge in [0.15, 0.2) is 0 Å². The predicted octanol–water partition coefficient (Wildman–Crippen LogP) is 6.49. The van der Waals surface area contributed by atoms with Gasteiger partial charge < -0.3 is 39.9 Å². The fourth-order valence-electron chi connectivity index (χ4n) is 9.27. The van der Waals surface area contributed by atoms with Gasteiger partial charge in [-0.3, -0.25) is 9.59 Å². The molecule has 2 saturated heterocycles. The van der Waals surface area contributed by atoms with E-state index in [1.54, 1.807) is 6.92 Å². The van der Waals surface area contributed by atoms with E-state index in [4.69, 9.17) is 14.7 Å². The van der Waals surface area contributed by atoms with Crippen molar-refractivity contribution in [1.29, 1.82) is 0 Å². The third-order valence-electron chi connectivity index (χ3n) is 12.8. The van der Waals surface area contributed by atoms with Crippen LogP contribution < -0.4 is 10.6 Å². The van der Waals surface area contributed by atoms with Crippen molar-refractivity contribution in [2.24, 2.45) is 10.8 Å². The van der Waals surface area contributed by atoms with Crippen LogP contribution in [0.15, 0.2) is 73.1 Å². The highest BCUT2D eigenvalue weighted by molar-refractivity contribution is 5.91. The van der Waals surface area contributed by atoms with Gasteiger partial charge in [-0.25, -0.2) is 19.6 Å². The average Bonchev–Trinajstić information content (AvgIpc) is 3.66. The summed E-state index contributed by atoms with van der Waals surface area (Å²) in [6, 6.07) is 20.3. The minimum Gasteiger partial charge on any atom is -0.453 e. The molecule has 57 heavy (non-hydrogen) atoms. The van der Waals surface area contributed by atoms with Gasteiger partial charge in [0.1, 0.15) is 24.2 Å². The van der Waals surface area contributed by atoms with Crippen molar-refractivity contribution >= 4 is 34.8 Å². The lowest BCUT2D eigenvalue weighted by Gasteiger charge is -2.29. The fraction of sp³-hybridized carbons (Fsp3) is 0.395. The number of aromatic nitrogens is 4. The molecule has 2 aromatic heterocycles. The fourth-order valence-corrected chi connectivity index (χ4v) is 9.27. The number of carbonyl (C=O) groups excluding carboxylic acids is 4. The van der Waals surface area contributed by atoms with Gasteiger partial charge in [0, 0.05) is 17.6 Å². The topological polar surface area (TPSA) is 175 Å². The molecule has 0 radical (unpaired) electrons. The molecule has 4 amide bonds. The SMILES string of the molecule is COC(=O)NCC(=O)N1[C@H](c2ncc(-c3ccc(-c4ccc5cc(-c6cnc([C@@H]7C[C@@]8(C)C[C@H]8N7C(=O)[C@H](C)NC(=O)OC)[nH]6)ccc5c4)cc3)[nH]2)C[C@@]2(C)C[C@@H]12. The second kappa shape index (κ2) is 13.5. The smallest absolute Gasteiger partial charge is 0.407 e. The number of nitrogens with one attached hydrogen (secondary N) is 4. The number of imidazole rings is 2. The van der Waals surface area contributed by atoms with Crippen molar-refractivity contribution in [3.05, 3.63) is 84.7 Å². The highest BCUT2D eigenvalue weighted by atomic mass is 16.5. The van der Waals surface area contributed by atoms with Gasteiger partial charge in [-0.15, -0.1) is 0 Å². The lowest BCUT2D eigenvalue weighted by atomic mass is 9.98. The van der Waals surface area contributed by atoms with E-state index < -0.39 is 18.2 Å². The van der Waals surface area contributed by atoms with E-state index in [0.29, 0.717) is 0 Å². The number of piperidine rings is 2. The zero-order valence-corrected chi connectivity index (χ0v) is 32.6. The maximum absolute atomic E-state index is 13.5. The zero-order valence-electron chi connectivity index (χ0n) is 32.6. The van der Waals surface area contributed by atoms with E-state index in [9.17, 15) is 19.2 Å². The maximum atomic E-state index is 13.5. The van der Waals surface area contributed by atoms with Crippen molar-refractivity contribution in [2.45, 2.75) is 76.7 Å². The molecule has 14 heteroatoms. The summed E-state index contributed by atoms with van der Waals surface area (Å²) in [6.45, 7) is 5.97. The van der Waals surface area contributed by atoms with E-state index in [2.05, 4.69) is 99.8 Å². The Balaban J connectivity index is 0.882. The van der Waals surface area contributed by atoms with Crippen LogP contribution in [0.5, 0.6) is 0 Å².